The van der Waals surface area contributed by atoms with E-state index in [4.69, 9.17) is 11.6 Å². The summed E-state index contributed by atoms with van der Waals surface area (Å²) in [4.78, 5) is 9.39. The normalized spacial score (nSPS) is 11.7. The van der Waals surface area contributed by atoms with Crippen molar-refractivity contribution in [1.29, 1.82) is 0 Å². The third-order valence-corrected chi connectivity index (χ3v) is 0.434. The third-order valence-electron chi connectivity index (χ3n) is 0.256. The van der Waals surface area contributed by atoms with Gasteiger partial charge in [0.15, 0.2) is 0 Å². The molecule has 35 valence electrons. The number of hydrogen-bond acceptors (Lipinski definition) is 2. The molecule has 1 radical (unpaired) electrons. The van der Waals surface area contributed by atoms with Crippen LogP contribution < -0.4 is 34.7 Å². The topological polar surface area (TPSA) is 40.1 Å². The summed E-state index contributed by atoms with van der Waals surface area (Å²) in [5, 5.41) is 8.27. The fourth-order valence-corrected chi connectivity index (χ4v) is 0. The monoisotopic (exact) mass is 129 g/mol. The van der Waals surface area contributed by atoms with E-state index in [1.54, 1.807) is 0 Å². The summed E-state index contributed by atoms with van der Waals surface area (Å²) in [6.07, 6.45) is 0. The maximum Gasteiger partial charge on any atom is 1.00 e. The molecule has 1 atom stereocenters. The number of carboxylic acid groups (broad SMARTS) is 1. The standard InChI is InChI=1S/C3H4ClO2.Na/c1-2(4)3(5)6;/h2H,1H2,(H,5,6);/q;+1/p-1. The molecule has 0 heterocycles. The summed E-state index contributed by atoms with van der Waals surface area (Å²) < 4.78 is 0. The maximum absolute atomic E-state index is 9.39. The molecule has 0 N–H and O–H groups in total. The Balaban J connectivity index is 0. The van der Waals surface area contributed by atoms with Gasteiger partial charge in [0.2, 0.25) is 0 Å². The molecule has 0 spiro atoms. The smallest absolute Gasteiger partial charge is 0.549 e. The molecule has 0 bridgehead atoms. The Labute approximate surface area is 69.1 Å². The molecule has 0 aliphatic heterocycles. The number of alkyl halides is 1. The van der Waals surface area contributed by atoms with Crippen LogP contribution in [0, 0.1) is 6.92 Å². The molecular formula is C3H3ClNaO2. The van der Waals surface area contributed by atoms with Crippen molar-refractivity contribution < 1.29 is 39.5 Å². The number of halogens is 1. The van der Waals surface area contributed by atoms with Crippen molar-refractivity contribution in [2.45, 2.75) is 5.38 Å². The van der Waals surface area contributed by atoms with Crippen molar-refractivity contribution in [2.24, 2.45) is 0 Å². The van der Waals surface area contributed by atoms with E-state index in [2.05, 4.69) is 6.92 Å². The molecule has 0 saturated heterocycles. The molecule has 4 heteroatoms. The van der Waals surface area contributed by atoms with Crippen LogP contribution >= 0.6 is 11.6 Å². The van der Waals surface area contributed by atoms with Gasteiger partial charge in [-0.25, -0.2) is 0 Å². The predicted molar refractivity (Wildman–Crippen MR) is 20.0 cm³/mol. The zero-order chi connectivity index (χ0) is 5.15. The Hall–Kier alpha value is 0.760. The van der Waals surface area contributed by atoms with E-state index in [1.807, 2.05) is 0 Å². The molecule has 0 aromatic rings. The Morgan fingerprint density at radius 1 is 1.86 bits per heavy atom. The largest absolute Gasteiger partial charge is 1.00 e. The number of hydrogen-bond donors (Lipinski definition) is 0. The Morgan fingerprint density at radius 3 is 2.00 bits per heavy atom. The van der Waals surface area contributed by atoms with Gasteiger partial charge in [-0.3, -0.25) is 0 Å². The van der Waals surface area contributed by atoms with Gasteiger partial charge in [0.25, 0.3) is 0 Å². The fourth-order valence-electron chi connectivity index (χ4n) is 0. The molecule has 0 fully saturated rings. The van der Waals surface area contributed by atoms with Crippen LogP contribution in [0.25, 0.3) is 0 Å². The minimum Gasteiger partial charge on any atom is -0.549 e. The summed E-state index contributed by atoms with van der Waals surface area (Å²) in [5.74, 6) is -1.34. The molecule has 0 aromatic heterocycles. The van der Waals surface area contributed by atoms with Crippen LogP contribution in [0.2, 0.25) is 0 Å². The van der Waals surface area contributed by atoms with Crippen LogP contribution in [0.15, 0.2) is 0 Å². The van der Waals surface area contributed by atoms with Gasteiger partial charge in [-0.05, 0) is 6.92 Å². The molecular weight excluding hydrogens is 126 g/mol. The van der Waals surface area contributed by atoms with Crippen LogP contribution in [0.3, 0.4) is 0 Å². The maximum atomic E-state index is 9.39. The Kier molecular flexibility index (Phi) is 7.49. The SMILES string of the molecule is [CH2]C(Cl)C(=O)[O-].[Na+]. The predicted octanol–water partition coefficient (Wildman–Crippen LogP) is -3.82. The molecule has 0 aliphatic carbocycles. The van der Waals surface area contributed by atoms with Crippen LogP contribution in [-0.4, -0.2) is 11.3 Å². The molecule has 0 amide bonds. The average molecular weight is 129 g/mol. The van der Waals surface area contributed by atoms with Crippen molar-refractivity contribution in [3.05, 3.63) is 6.92 Å². The van der Waals surface area contributed by atoms with E-state index in [0.717, 1.165) is 0 Å². The van der Waals surface area contributed by atoms with E-state index in [0.29, 0.717) is 0 Å². The minimum absolute atomic E-state index is 0. The van der Waals surface area contributed by atoms with E-state index in [1.165, 1.54) is 0 Å². The van der Waals surface area contributed by atoms with Gasteiger partial charge in [0.05, 0.1) is 11.3 Å². The number of rotatable bonds is 1. The van der Waals surface area contributed by atoms with E-state index in [9.17, 15) is 9.90 Å². The number of aliphatic carboxylic acids is 1. The first-order valence-electron chi connectivity index (χ1n) is 1.32. The van der Waals surface area contributed by atoms with Crippen LogP contribution in [-0.2, 0) is 4.79 Å². The Morgan fingerprint density at radius 2 is 2.00 bits per heavy atom. The first-order valence-corrected chi connectivity index (χ1v) is 1.76. The van der Waals surface area contributed by atoms with Crippen molar-refractivity contribution in [2.75, 3.05) is 0 Å². The van der Waals surface area contributed by atoms with Crippen LogP contribution in [0.5, 0.6) is 0 Å². The summed E-state index contributed by atoms with van der Waals surface area (Å²) in [7, 11) is 0. The van der Waals surface area contributed by atoms with Crippen molar-refractivity contribution in [1.82, 2.24) is 0 Å². The molecule has 0 rings (SSSR count). The number of carbonyl (C=O) groups is 1. The van der Waals surface area contributed by atoms with Crippen molar-refractivity contribution in [3.8, 4) is 0 Å². The second-order valence-corrected chi connectivity index (χ2v) is 1.31. The third kappa shape index (κ3) is 6.76. The molecule has 0 aromatic carbocycles. The minimum atomic E-state index is -1.34. The van der Waals surface area contributed by atoms with Gasteiger partial charge in [-0.1, -0.05) is 0 Å². The van der Waals surface area contributed by atoms with Crippen molar-refractivity contribution >= 4 is 17.6 Å². The second-order valence-electron chi connectivity index (χ2n) is 0.787. The number of carbonyl (C=O) groups excluding carboxylic acids is 1. The number of carboxylic acids is 1. The van der Waals surface area contributed by atoms with E-state index < -0.39 is 11.3 Å². The first kappa shape index (κ1) is 10.7. The molecule has 2 nitrogen and oxygen atoms in total. The quantitative estimate of drug-likeness (QED) is 0.269. The van der Waals surface area contributed by atoms with Crippen LogP contribution in [0.4, 0.5) is 0 Å². The van der Waals surface area contributed by atoms with Gasteiger partial charge in [-0.2, -0.15) is 0 Å². The Bertz CT molecular complexity index is 64.0. The summed E-state index contributed by atoms with van der Waals surface area (Å²) >= 11 is 4.84. The zero-order valence-corrected chi connectivity index (χ0v) is 6.73. The fraction of sp³-hybridized carbons (Fsp3) is 0.333. The second kappa shape index (κ2) is 4.91. The van der Waals surface area contributed by atoms with Crippen molar-refractivity contribution in [3.63, 3.8) is 0 Å². The van der Waals surface area contributed by atoms with E-state index >= 15 is 0 Å². The van der Waals surface area contributed by atoms with Crippen LogP contribution in [0.1, 0.15) is 0 Å². The van der Waals surface area contributed by atoms with Gasteiger partial charge in [0, 0.05) is 0 Å². The first-order chi connectivity index (χ1) is 2.64. The zero-order valence-electron chi connectivity index (χ0n) is 3.98. The molecule has 0 saturated carbocycles. The molecule has 1 unspecified atom stereocenters. The van der Waals surface area contributed by atoms with Gasteiger partial charge in [-0.15, -0.1) is 11.6 Å². The molecule has 7 heavy (non-hydrogen) atoms. The average Bonchev–Trinajstić information content (AvgIpc) is 1.36. The summed E-state index contributed by atoms with van der Waals surface area (Å²) in [5.41, 5.74) is 0. The summed E-state index contributed by atoms with van der Waals surface area (Å²) in [6.45, 7) is 2.94. The van der Waals surface area contributed by atoms with Gasteiger partial charge >= 0.3 is 29.6 Å². The van der Waals surface area contributed by atoms with Gasteiger partial charge in [0.1, 0.15) is 0 Å². The van der Waals surface area contributed by atoms with Gasteiger partial charge < -0.3 is 9.90 Å². The van der Waals surface area contributed by atoms with E-state index in [-0.39, 0.29) is 29.6 Å². The summed E-state index contributed by atoms with van der Waals surface area (Å²) in [6, 6.07) is 0. The molecule has 0 aliphatic rings.